The summed E-state index contributed by atoms with van der Waals surface area (Å²) in [6.45, 7) is 7.26. The molecule has 0 amide bonds. The minimum atomic E-state index is -0.511. The summed E-state index contributed by atoms with van der Waals surface area (Å²) in [6.07, 6.45) is 5.00. The molecule has 1 aromatic carbocycles. The molecule has 0 radical (unpaired) electrons. The van der Waals surface area contributed by atoms with Crippen molar-refractivity contribution in [2.45, 2.75) is 13.8 Å². The van der Waals surface area contributed by atoms with E-state index in [1.807, 2.05) is 6.92 Å². The number of nitrogens with zero attached hydrogens (tertiary/aromatic N) is 1. The summed E-state index contributed by atoms with van der Waals surface area (Å²) in [5.74, 6) is -0.365. The minimum absolute atomic E-state index is 0.0270. The van der Waals surface area contributed by atoms with E-state index >= 15 is 0 Å². The molecule has 1 N–H and O–H groups in total. The zero-order chi connectivity index (χ0) is 16.1. The Labute approximate surface area is 129 Å². The highest BCUT2D eigenvalue weighted by Crippen LogP contribution is 2.26. The van der Waals surface area contributed by atoms with Crippen LogP contribution in [0.3, 0.4) is 0 Å². The van der Waals surface area contributed by atoms with Gasteiger partial charge in [0.25, 0.3) is 0 Å². The molecule has 0 aliphatic rings. The van der Waals surface area contributed by atoms with Crippen LogP contribution in [-0.4, -0.2) is 16.1 Å². The number of benzene rings is 1. The van der Waals surface area contributed by atoms with Gasteiger partial charge >= 0.3 is 5.97 Å². The van der Waals surface area contributed by atoms with E-state index in [4.69, 9.17) is 4.74 Å². The van der Waals surface area contributed by atoms with Gasteiger partial charge in [-0.1, -0.05) is 18.2 Å². The summed E-state index contributed by atoms with van der Waals surface area (Å²) in [6, 6.07) is 8.61. The zero-order valence-electron chi connectivity index (χ0n) is 12.5. The van der Waals surface area contributed by atoms with Gasteiger partial charge in [0, 0.05) is 18.0 Å². The van der Waals surface area contributed by atoms with Gasteiger partial charge in [-0.05, 0) is 49.8 Å². The number of hydrogen-bond acceptors (Lipinski definition) is 4. The standard InChI is InChI=1S/C18H17NO3/c1-12-4-5-17(20)16(10-12)14(3)22-18(21)13(2)11-15-6-8-19-9-7-15/h4-11,20H,3H2,1-2H3/b13-11+. The molecule has 4 heteroatoms. The lowest BCUT2D eigenvalue weighted by Crippen LogP contribution is -2.05. The second-order valence-electron chi connectivity index (χ2n) is 4.94. The van der Waals surface area contributed by atoms with Crippen LogP contribution in [0, 0.1) is 6.92 Å². The van der Waals surface area contributed by atoms with Crippen LogP contribution in [0.1, 0.15) is 23.6 Å². The fourth-order valence-electron chi connectivity index (χ4n) is 1.89. The monoisotopic (exact) mass is 295 g/mol. The number of rotatable bonds is 4. The Morgan fingerprint density at radius 2 is 1.95 bits per heavy atom. The Hall–Kier alpha value is -2.88. The van der Waals surface area contributed by atoms with E-state index in [1.54, 1.807) is 55.7 Å². The molecule has 2 rings (SSSR count). The first-order valence-corrected chi connectivity index (χ1v) is 6.77. The number of phenolic OH excluding ortho intramolecular Hbond substituents is 1. The number of aromatic nitrogens is 1. The van der Waals surface area contributed by atoms with Gasteiger partial charge < -0.3 is 9.84 Å². The smallest absolute Gasteiger partial charge is 0.339 e. The first kappa shape index (κ1) is 15.5. The molecular weight excluding hydrogens is 278 g/mol. The lowest BCUT2D eigenvalue weighted by Gasteiger charge is -2.10. The van der Waals surface area contributed by atoms with Crippen LogP contribution in [0.2, 0.25) is 0 Å². The van der Waals surface area contributed by atoms with Crippen molar-refractivity contribution in [1.29, 1.82) is 0 Å². The second-order valence-corrected chi connectivity index (χ2v) is 4.94. The van der Waals surface area contributed by atoms with Crippen molar-refractivity contribution in [3.05, 3.63) is 71.6 Å². The van der Waals surface area contributed by atoms with Crippen molar-refractivity contribution in [2.75, 3.05) is 0 Å². The molecule has 0 saturated heterocycles. The van der Waals surface area contributed by atoms with Gasteiger partial charge in [-0.15, -0.1) is 0 Å². The Morgan fingerprint density at radius 1 is 1.27 bits per heavy atom. The quantitative estimate of drug-likeness (QED) is 0.530. The summed E-state index contributed by atoms with van der Waals surface area (Å²) in [5.41, 5.74) is 2.63. The van der Waals surface area contributed by atoms with E-state index in [2.05, 4.69) is 11.6 Å². The normalized spacial score (nSPS) is 11.1. The molecule has 0 unspecified atom stereocenters. The molecule has 22 heavy (non-hydrogen) atoms. The fraction of sp³-hybridized carbons (Fsp3) is 0.111. The maximum atomic E-state index is 12.1. The molecular formula is C18H17NO3. The van der Waals surface area contributed by atoms with Gasteiger partial charge in [0.1, 0.15) is 11.5 Å². The first-order valence-electron chi connectivity index (χ1n) is 6.77. The summed E-state index contributed by atoms with van der Waals surface area (Å²) in [5, 5.41) is 9.82. The molecule has 112 valence electrons. The number of esters is 1. The Kier molecular flexibility index (Phi) is 4.73. The van der Waals surface area contributed by atoms with Crippen molar-refractivity contribution in [3.8, 4) is 5.75 Å². The Bertz CT molecular complexity index is 733. The van der Waals surface area contributed by atoms with Crippen molar-refractivity contribution in [1.82, 2.24) is 4.98 Å². The molecule has 0 bridgehead atoms. The molecule has 0 spiro atoms. The van der Waals surface area contributed by atoms with Gasteiger partial charge in [-0.3, -0.25) is 4.98 Å². The maximum Gasteiger partial charge on any atom is 0.339 e. The summed E-state index contributed by atoms with van der Waals surface area (Å²) in [7, 11) is 0. The van der Waals surface area contributed by atoms with Gasteiger partial charge in [0.2, 0.25) is 0 Å². The first-order chi connectivity index (χ1) is 10.5. The van der Waals surface area contributed by atoms with Crippen LogP contribution >= 0.6 is 0 Å². The van der Waals surface area contributed by atoms with Gasteiger partial charge in [0.05, 0.1) is 5.56 Å². The number of ether oxygens (including phenoxy) is 1. The molecule has 0 aliphatic carbocycles. The number of carbonyl (C=O) groups is 1. The molecule has 2 aromatic rings. The van der Waals surface area contributed by atoms with E-state index in [9.17, 15) is 9.90 Å². The maximum absolute atomic E-state index is 12.1. The predicted octanol–water partition coefficient (Wildman–Crippen LogP) is 3.71. The summed E-state index contributed by atoms with van der Waals surface area (Å²) in [4.78, 5) is 16.0. The van der Waals surface area contributed by atoms with Crippen LogP contribution in [-0.2, 0) is 9.53 Å². The van der Waals surface area contributed by atoms with Crippen molar-refractivity contribution >= 4 is 17.8 Å². The van der Waals surface area contributed by atoms with E-state index in [1.165, 1.54) is 0 Å². The van der Waals surface area contributed by atoms with Gasteiger partial charge in [-0.2, -0.15) is 0 Å². The topological polar surface area (TPSA) is 59.4 Å². The fourth-order valence-corrected chi connectivity index (χ4v) is 1.89. The van der Waals surface area contributed by atoms with Crippen LogP contribution in [0.25, 0.3) is 11.8 Å². The van der Waals surface area contributed by atoms with Crippen molar-refractivity contribution in [3.63, 3.8) is 0 Å². The predicted molar refractivity (Wildman–Crippen MR) is 85.9 cm³/mol. The van der Waals surface area contributed by atoms with Crippen LogP contribution in [0.4, 0.5) is 0 Å². The number of carbonyl (C=O) groups excluding carboxylic acids is 1. The number of pyridine rings is 1. The third-order valence-corrected chi connectivity index (χ3v) is 3.08. The third kappa shape index (κ3) is 3.82. The Balaban J connectivity index is 2.13. The van der Waals surface area contributed by atoms with E-state index in [0.29, 0.717) is 11.1 Å². The van der Waals surface area contributed by atoms with Crippen LogP contribution in [0.5, 0.6) is 5.75 Å². The molecule has 1 heterocycles. The highest BCUT2D eigenvalue weighted by atomic mass is 16.5. The lowest BCUT2D eigenvalue weighted by molar-refractivity contribution is -0.132. The van der Waals surface area contributed by atoms with Crippen LogP contribution < -0.4 is 0 Å². The summed E-state index contributed by atoms with van der Waals surface area (Å²) >= 11 is 0. The lowest BCUT2D eigenvalue weighted by atomic mass is 10.1. The molecule has 0 fully saturated rings. The van der Waals surface area contributed by atoms with E-state index < -0.39 is 5.97 Å². The van der Waals surface area contributed by atoms with E-state index in [-0.39, 0.29) is 11.5 Å². The van der Waals surface area contributed by atoms with Crippen LogP contribution in [0.15, 0.2) is 54.9 Å². The molecule has 0 atom stereocenters. The number of aryl methyl sites for hydroxylation is 1. The SMILES string of the molecule is C=C(OC(=O)/C(C)=C/c1ccncc1)c1cc(C)ccc1O. The Morgan fingerprint density at radius 3 is 2.64 bits per heavy atom. The average Bonchev–Trinajstić information content (AvgIpc) is 2.50. The third-order valence-electron chi connectivity index (χ3n) is 3.08. The highest BCUT2D eigenvalue weighted by Gasteiger charge is 2.13. The molecule has 0 saturated carbocycles. The highest BCUT2D eigenvalue weighted by molar-refractivity contribution is 5.96. The second kappa shape index (κ2) is 6.72. The molecule has 1 aromatic heterocycles. The molecule has 0 aliphatic heterocycles. The number of phenols is 1. The van der Waals surface area contributed by atoms with E-state index in [0.717, 1.165) is 11.1 Å². The minimum Gasteiger partial charge on any atom is -0.507 e. The number of hydrogen-bond donors (Lipinski definition) is 1. The molecule has 4 nitrogen and oxygen atoms in total. The number of aromatic hydroxyl groups is 1. The van der Waals surface area contributed by atoms with Crippen molar-refractivity contribution < 1.29 is 14.6 Å². The van der Waals surface area contributed by atoms with Crippen molar-refractivity contribution in [2.24, 2.45) is 0 Å². The van der Waals surface area contributed by atoms with Gasteiger partial charge in [-0.25, -0.2) is 4.79 Å². The average molecular weight is 295 g/mol. The zero-order valence-corrected chi connectivity index (χ0v) is 12.5. The van der Waals surface area contributed by atoms with Gasteiger partial charge in [0.15, 0.2) is 0 Å². The summed E-state index contributed by atoms with van der Waals surface area (Å²) < 4.78 is 5.23. The largest absolute Gasteiger partial charge is 0.507 e.